The summed E-state index contributed by atoms with van der Waals surface area (Å²) in [6.07, 6.45) is 3.65. The molecular formula is C9H7N3O2S. The van der Waals surface area contributed by atoms with Gasteiger partial charge in [-0.2, -0.15) is 0 Å². The van der Waals surface area contributed by atoms with E-state index < -0.39 is 4.92 Å². The van der Waals surface area contributed by atoms with Gasteiger partial charge in [0.25, 0.3) is 5.69 Å². The maximum Gasteiger partial charge on any atom is 0.289 e. The maximum atomic E-state index is 10.5. The van der Waals surface area contributed by atoms with Gasteiger partial charge >= 0.3 is 0 Å². The Labute approximate surface area is 88.9 Å². The van der Waals surface area contributed by atoms with E-state index in [-0.39, 0.29) is 5.69 Å². The summed E-state index contributed by atoms with van der Waals surface area (Å²) >= 11 is 1.54. The molecule has 0 aliphatic heterocycles. The Hall–Kier alpha value is -1.56. The highest BCUT2D eigenvalue weighted by Gasteiger charge is 2.27. The fourth-order valence-corrected chi connectivity index (χ4v) is 2.49. The second kappa shape index (κ2) is 2.96. The Morgan fingerprint density at radius 2 is 2.33 bits per heavy atom. The second-order valence-corrected chi connectivity index (χ2v) is 4.61. The van der Waals surface area contributed by atoms with Gasteiger partial charge in [0.1, 0.15) is 16.5 Å². The lowest BCUT2D eigenvalue weighted by Gasteiger charge is -1.88. The summed E-state index contributed by atoms with van der Waals surface area (Å²) in [6, 6.07) is 1.49. The van der Waals surface area contributed by atoms with Crippen LogP contribution in [0.5, 0.6) is 0 Å². The van der Waals surface area contributed by atoms with Gasteiger partial charge < -0.3 is 0 Å². The highest BCUT2D eigenvalue weighted by atomic mass is 32.1. The van der Waals surface area contributed by atoms with Crippen molar-refractivity contribution >= 4 is 27.4 Å². The minimum Gasteiger partial charge on any atom is -0.258 e. The maximum absolute atomic E-state index is 10.5. The van der Waals surface area contributed by atoms with Crippen molar-refractivity contribution in [3.63, 3.8) is 0 Å². The number of hydrogen-bond donors (Lipinski definition) is 0. The zero-order chi connectivity index (χ0) is 10.4. The Morgan fingerprint density at radius 1 is 1.53 bits per heavy atom. The van der Waals surface area contributed by atoms with Crippen molar-refractivity contribution in [3.05, 3.63) is 27.4 Å². The van der Waals surface area contributed by atoms with Crippen LogP contribution in [0.15, 0.2) is 12.3 Å². The highest BCUT2D eigenvalue weighted by molar-refractivity contribution is 7.18. The van der Waals surface area contributed by atoms with Crippen LogP contribution < -0.4 is 0 Å². The van der Waals surface area contributed by atoms with Crippen LogP contribution in [0.3, 0.4) is 0 Å². The standard InChI is InChI=1S/C9H7N3O2S/c13-12(14)6-3-7-9(10-4-6)15-8(11-7)5-1-2-5/h3-5H,1-2H2. The van der Waals surface area contributed by atoms with E-state index in [4.69, 9.17) is 0 Å². The molecule has 76 valence electrons. The minimum atomic E-state index is -0.442. The van der Waals surface area contributed by atoms with Gasteiger partial charge in [0.05, 0.1) is 9.93 Å². The molecule has 0 bridgehead atoms. The fourth-order valence-electron chi connectivity index (χ4n) is 1.43. The summed E-state index contributed by atoms with van der Waals surface area (Å²) in [7, 11) is 0. The van der Waals surface area contributed by atoms with Crippen LogP contribution in [0.1, 0.15) is 23.8 Å². The third kappa shape index (κ3) is 1.46. The number of pyridine rings is 1. The van der Waals surface area contributed by atoms with Crippen molar-refractivity contribution in [3.8, 4) is 0 Å². The van der Waals surface area contributed by atoms with Crippen LogP contribution >= 0.6 is 11.3 Å². The lowest BCUT2D eigenvalue weighted by molar-refractivity contribution is -0.385. The molecule has 0 aromatic carbocycles. The topological polar surface area (TPSA) is 68.9 Å². The molecule has 6 heteroatoms. The van der Waals surface area contributed by atoms with E-state index in [1.165, 1.54) is 25.1 Å². The molecule has 5 nitrogen and oxygen atoms in total. The Bertz CT molecular complexity index is 547. The van der Waals surface area contributed by atoms with Crippen LogP contribution in [0.4, 0.5) is 5.69 Å². The number of hydrogen-bond acceptors (Lipinski definition) is 5. The Balaban J connectivity index is 2.13. The van der Waals surface area contributed by atoms with E-state index in [0.29, 0.717) is 11.4 Å². The van der Waals surface area contributed by atoms with Crippen molar-refractivity contribution < 1.29 is 4.92 Å². The first-order valence-corrected chi connectivity index (χ1v) is 5.46. The first kappa shape index (κ1) is 8.72. The second-order valence-electron chi connectivity index (χ2n) is 3.60. The zero-order valence-corrected chi connectivity index (χ0v) is 8.53. The van der Waals surface area contributed by atoms with E-state index in [1.54, 1.807) is 11.3 Å². The zero-order valence-electron chi connectivity index (χ0n) is 7.71. The molecule has 0 unspecified atom stereocenters. The molecule has 0 atom stereocenters. The molecule has 3 rings (SSSR count). The third-order valence-electron chi connectivity index (χ3n) is 2.39. The van der Waals surface area contributed by atoms with Gasteiger partial charge in [-0.25, -0.2) is 9.97 Å². The average molecular weight is 221 g/mol. The normalized spacial score (nSPS) is 15.7. The molecule has 1 fully saturated rings. The van der Waals surface area contributed by atoms with E-state index >= 15 is 0 Å². The summed E-state index contributed by atoms with van der Waals surface area (Å²) in [5, 5.41) is 11.6. The summed E-state index contributed by atoms with van der Waals surface area (Å²) in [4.78, 5) is 19.3. The molecule has 0 N–H and O–H groups in total. The molecular weight excluding hydrogens is 214 g/mol. The molecule has 1 aliphatic carbocycles. The van der Waals surface area contributed by atoms with Crippen molar-refractivity contribution in [2.75, 3.05) is 0 Å². The van der Waals surface area contributed by atoms with Crippen molar-refractivity contribution in [1.82, 2.24) is 9.97 Å². The average Bonchev–Trinajstić information content (AvgIpc) is 2.97. The number of nitro groups is 1. The van der Waals surface area contributed by atoms with Crippen LogP contribution in [-0.4, -0.2) is 14.9 Å². The van der Waals surface area contributed by atoms with Crippen LogP contribution in [0.25, 0.3) is 10.3 Å². The number of aromatic nitrogens is 2. The molecule has 2 aromatic rings. The summed E-state index contributed by atoms with van der Waals surface area (Å²) in [6.45, 7) is 0. The lowest BCUT2D eigenvalue weighted by atomic mass is 10.4. The van der Waals surface area contributed by atoms with E-state index in [9.17, 15) is 10.1 Å². The summed E-state index contributed by atoms with van der Waals surface area (Å²) in [5.74, 6) is 0.572. The molecule has 0 spiro atoms. The van der Waals surface area contributed by atoms with Crippen molar-refractivity contribution in [2.45, 2.75) is 18.8 Å². The number of nitrogens with zero attached hydrogens (tertiary/aromatic N) is 3. The van der Waals surface area contributed by atoms with Crippen molar-refractivity contribution in [2.24, 2.45) is 0 Å². The smallest absolute Gasteiger partial charge is 0.258 e. The molecule has 2 heterocycles. The fraction of sp³-hybridized carbons (Fsp3) is 0.333. The van der Waals surface area contributed by atoms with Gasteiger partial charge in [0.2, 0.25) is 0 Å². The number of thiazole rings is 1. The number of fused-ring (bicyclic) bond motifs is 1. The molecule has 15 heavy (non-hydrogen) atoms. The molecule has 2 aromatic heterocycles. The predicted molar refractivity (Wildman–Crippen MR) is 56.0 cm³/mol. The van der Waals surface area contributed by atoms with Gasteiger partial charge in [-0.05, 0) is 12.8 Å². The summed E-state index contributed by atoms with van der Waals surface area (Å²) in [5.41, 5.74) is 0.659. The van der Waals surface area contributed by atoms with Crippen LogP contribution in [0.2, 0.25) is 0 Å². The lowest BCUT2D eigenvalue weighted by Crippen LogP contribution is -1.88. The molecule has 0 saturated heterocycles. The predicted octanol–water partition coefficient (Wildman–Crippen LogP) is 2.48. The molecule has 0 radical (unpaired) electrons. The molecule has 0 amide bonds. The van der Waals surface area contributed by atoms with Crippen LogP contribution in [-0.2, 0) is 0 Å². The molecule has 1 aliphatic rings. The number of rotatable bonds is 2. The van der Waals surface area contributed by atoms with E-state index in [2.05, 4.69) is 9.97 Å². The summed E-state index contributed by atoms with van der Waals surface area (Å²) < 4.78 is 0. The van der Waals surface area contributed by atoms with Gasteiger partial charge in [-0.1, -0.05) is 11.3 Å². The van der Waals surface area contributed by atoms with Crippen LogP contribution in [0, 0.1) is 10.1 Å². The van der Waals surface area contributed by atoms with E-state index in [1.807, 2.05) is 0 Å². The first-order valence-electron chi connectivity index (χ1n) is 4.65. The highest BCUT2D eigenvalue weighted by Crippen LogP contribution is 2.43. The van der Waals surface area contributed by atoms with Gasteiger partial charge in [0.15, 0.2) is 0 Å². The van der Waals surface area contributed by atoms with Gasteiger partial charge in [-0.15, -0.1) is 0 Å². The van der Waals surface area contributed by atoms with E-state index in [0.717, 1.165) is 9.84 Å². The first-order chi connectivity index (χ1) is 7.24. The third-order valence-corrected chi connectivity index (χ3v) is 3.53. The van der Waals surface area contributed by atoms with Crippen molar-refractivity contribution in [1.29, 1.82) is 0 Å². The SMILES string of the molecule is O=[N+]([O-])c1cnc2sc(C3CC3)nc2c1. The largest absolute Gasteiger partial charge is 0.289 e. The Kier molecular flexibility index (Phi) is 1.72. The Morgan fingerprint density at radius 3 is 3.00 bits per heavy atom. The monoisotopic (exact) mass is 221 g/mol. The van der Waals surface area contributed by atoms with Gasteiger partial charge in [-0.3, -0.25) is 10.1 Å². The quantitative estimate of drug-likeness (QED) is 0.577. The molecule has 1 saturated carbocycles. The van der Waals surface area contributed by atoms with Gasteiger partial charge in [0, 0.05) is 12.0 Å². The minimum absolute atomic E-state index is 0.00940.